The van der Waals surface area contributed by atoms with Crippen LogP contribution in [0.15, 0.2) is 53.0 Å². The van der Waals surface area contributed by atoms with E-state index in [-0.39, 0.29) is 11.7 Å². The summed E-state index contributed by atoms with van der Waals surface area (Å²) in [6.45, 7) is 1.96. The number of anilines is 2. The third-order valence-corrected chi connectivity index (χ3v) is 5.51. The van der Waals surface area contributed by atoms with Gasteiger partial charge in [0.2, 0.25) is 0 Å². The molecule has 1 aliphatic heterocycles. The zero-order valence-corrected chi connectivity index (χ0v) is 17.1. The van der Waals surface area contributed by atoms with Gasteiger partial charge in [0.25, 0.3) is 0 Å². The van der Waals surface area contributed by atoms with Crippen molar-refractivity contribution in [3.05, 3.63) is 58.6 Å². The first-order valence-corrected chi connectivity index (χ1v) is 9.88. The van der Waals surface area contributed by atoms with E-state index in [0.717, 1.165) is 47.3 Å². The van der Waals surface area contributed by atoms with Gasteiger partial charge >= 0.3 is 0 Å². The van der Waals surface area contributed by atoms with Gasteiger partial charge < -0.3 is 15.5 Å². The number of rotatable bonds is 4. The smallest absolute Gasteiger partial charge is 0.175 e. The van der Waals surface area contributed by atoms with Crippen LogP contribution in [-0.4, -0.2) is 35.9 Å². The van der Waals surface area contributed by atoms with Gasteiger partial charge in [-0.05, 0) is 85.4 Å². The molecule has 1 heterocycles. The molecule has 0 spiro atoms. The van der Waals surface area contributed by atoms with Crippen LogP contribution in [-0.2, 0) is 0 Å². The SMILES string of the molecule is CN1CCC(C(=O)c2cccc(NC(=S)Nc3ccccc3Br)c2)CC1. The van der Waals surface area contributed by atoms with Crippen LogP contribution in [0.4, 0.5) is 11.4 Å². The Balaban J connectivity index is 1.64. The fourth-order valence-corrected chi connectivity index (χ4v) is 3.72. The number of nitrogens with zero attached hydrogens (tertiary/aromatic N) is 1. The van der Waals surface area contributed by atoms with Gasteiger partial charge in [0.05, 0.1) is 5.69 Å². The fourth-order valence-electron chi connectivity index (χ4n) is 3.10. The molecule has 0 atom stereocenters. The quantitative estimate of drug-likeness (QED) is 0.538. The minimum Gasteiger partial charge on any atom is -0.332 e. The lowest BCUT2D eigenvalue weighted by Crippen LogP contribution is -2.33. The Morgan fingerprint density at radius 2 is 1.85 bits per heavy atom. The van der Waals surface area contributed by atoms with Crippen molar-refractivity contribution in [3.63, 3.8) is 0 Å². The topological polar surface area (TPSA) is 44.4 Å². The molecule has 4 nitrogen and oxygen atoms in total. The highest BCUT2D eigenvalue weighted by Gasteiger charge is 2.24. The number of piperidine rings is 1. The number of nitrogens with one attached hydrogen (secondary N) is 2. The summed E-state index contributed by atoms with van der Waals surface area (Å²) in [5, 5.41) is 6.81. The monoisotopic (exact) mass is 431 g/mol. The summed E-state index contributed by atoms with van der Waals surface area (Å²) in [4.78, 5) is 15.1. The second-order valence-electron chi connectivity index (χ2n) is 6.58. The highest BCUT2D eigenvalue weighted by atomic mass is 79.9. The lowest BCUT2D eigenvalue weighted by atomic mass is 9.89. The summed E-state index contributed by atoms with van der Waals surface area (Å²) in [5.74, 6) is 0.346. The third kappa shape index (κ3) is 4.90. The molecule has 0 radical (unpaired) electrons. The second-order valence-corrected chi connectivity index (χ2v) is 7.84. The molecule has 3 rings (SSSR count). The first-order valence-electron chi connectivity index (χ1n) is 8.68. The van der Waals surface area contributed by atoms with E-state index < -0.39 is 0 Å². The van der Waals surface area contributed by atoms with Crippen molar-refractivity contribution in [1.29, 1.82) is 0 Å². The van der Waals surface area contributed by atoms with Gasteiger partial charge in [-0.2, -0.15) is 0 Å². The minimum absolute atomic E-state index is 0.117. The molecule has 2 N–H and O–H groups in total. The fraction of sp³-hybridized carbons (Fsp3) is 0.300. The molecule has 1 saturated heterocycles. The van der Waals surface area contributed by atoms with E-state index in [0.29, 0.717) is 5.11 Å². The van der Waals surface area contributed by atoms with E-state index in [1.54, 1.807) is 0 Å². The number of Topliss-reactive ketones (excluding diaryl/α,β-unsaturated/α-hetero) is 1. The van der Waals surface area contributed by atoms with Crippen molar-refractivity contribution in [3.8, 4) is 0 Å². The summed E-state index contributed by atoms with van der Waals surface area (Å²) in [7, 11) is 2.10. The molecule has 6 heteroatoms. The number of carbonyl (C=O) groups excluding carboxylic acids is 1. The molecule has 1 aliphatic rings. The molecule has 2 aromatic rings. The molecule has 136 valence electrons. The van der Waals surface area contributed by atoms with Gasteiger partial charge in [-0.25, -0.2) is 0 Å². The highest BCUT2D eigenvalue weighted by molar-refractivity contribution is 9.10. The van der Waals surface area contributed by atoms with Gasteiger partial charge in [-0.3, -0.25) is 4.79 Å². The normalized spacial score (nSPS) is 15.5. The first-order chi connectivity index (χ1) is 12.5. The van der Waals surface area contributed by atoms with E-state index in [2.05, 4.69) is 38.5 Å². The van der Waals surface area contributed by atoms with Gasteiger partial charge in [0, 0.05) is 21.6 Å². The van der Waals surface area contributed by atoms with Crippen LogP contribution in [0.25, 0.3) is 0 Å². The van der Waals surface area contributed by atoms with Crippen LogP contribution in [0.3, 0.4) is 0 Å². The van der Waals surface area contributed by atoms with Crippen molar-refractivity contribution in [2.24, 2.45) is 5.92 Å². The number of likely N-dealkylation sites (tertiary alicyclic amines) is 1. The van der Waals surface area contributed by atoms with Crippen molar-refractivity contribution in [2.45, 2.75) is 12.8 Å². The number of carbonyl (C=O) groups is 1. The van der Waals surface area contributed by atoms with Crippen molar-refractivity contribution >= 4 is 50.4 Å². The van der Waals surface area contributed by atoms with E-state index >= 15 is 0 Å². The summed E-state index contributed by atoms with van der Waals surface area (Å²) in [6, 6.07) is 15.4. The van der Waals surface area contributed by atoms with Crippen LogP contribution >= 0.6 is 28.1 Å². The van der Waals surface area contributed by atoms with Crippen molar-refractivity contribution in [2.75, 3.05) is 30.8 Å². The Morgan fingerprint density at radius 3 is 2.58 bits per heavy atom. The second kappa shape index (κ2) is 8.75. The molecule has 26 heavy (non-hydrogen) atoms. The number of halogens is 1. The predicted octanol–water partition coefficient (Wildman–Crippen LogP) is 4.78. The number of hydrogen-bond acceptors (Lipinski definition) is 3. The van der Waals surface area contributed by atoms with E-state index in [9.17, 15) is 4.79 Å². The zero-order chi connectivity index (χ0) is 18.5. The maximum atomic E-state index is 12.8. The van der Waals surface area contributed by atoms with Crippen LogP contribution < -0.4 is 10.6 Å². The Kier molecular flexibility index (Phi) is 6.40. The lowest BCUT2D eigenvalue weighted by molar-refractivity contribution is 0.0857. The number of thiocarbonyl (C=S) groups is 1. The van der Waals surface area contributed by atoms with Crippen molar-refractivity contribution < 1.29 is 4.79 Å². The third-order valence-electron chi connectivity index (χ3n) is 4.62. The average Bonchev–Trinajstić information content (AvgIpc) is 2.64. The predicted molar refractivity (Wildman–Crippen MR) is 115 cm³/mol. The molecule has 0 aromatic heterocycles. The maximum Gasteiger partial charge on any atom is 0.175 e. The molecule has 0 unspecified atom stereocenters. The molecule has 0 bridgehead atoms. The van der Waals surface area contributed by atoms with E-state index in [1.165, 1.54) is 0 Å². The van der Waals surface area contributed by atoms with E-state index in [4.69, 9.17) is 12.2 Å². The molecule has 0 saturated carbocycles. The van der Waals surface area contributed by atoms with Crippen LogP contribution in [0.1, 0.15) is 23.2 Å². The number of para-hydroxylation sites is 1. The van der Waals surface area contributed by atoms with Gasteiger partial charge in [-0.1, -0.05) is 24.3 Å². The molecule has 1 fully saturated rings. The zero-order valence-electron chi connectivity index (χ0n) is 14.7. The Morgan fingerprint density at radius 1 is 1.12 bits per heavy atom. The highest BCUT2D eigenvalue weighted by Crippen LogP contribution is 2.24. The minimum atomic E-state index is 0.117. The number of ketones is 1. The largest absolute Gasteiger partial charge is 0.332 e. The summed E-state index contributed by atoms with van der Waals surface area (Å²) < 4.78 is 0.940. The number of hydrogen-bond donors (Lipinski definition) is 2. The Hall–Kier alpha value is -1.76. The van der Waals surface area contributed by atoms with Crippen molar-refractivity contribution in [1.82, 2.24) is 4.90 Å². The van der Waals surface area contributed by atoms with Crippen LogP contribution in [0, 0.1) is 5.92 Å². The molecule has 0 aliphatic carbocycles. The molecule has 2 aromatic carbocycles. The molecular weight excluding hydrogens is 410 g/mol. The lowest BCUT2D eigenvalue weighted by Gasteiger charge is -2.28. The van der Waals surface area contributed by atoms with Gasteiger partial charge in [0.15, 0.2) is 10.9 Å². The standard InChI is InChI=1S/C20H22BrN3OS/c1-24-11-9-14(10-12-24)19(25)15-5-4-6-16(13-15)22-20(26)23-18-8-3-2-7-17(18)21/h2-8,13-14H,9-12H2,1H3,(H2,22,23,26). The van der Waals surface area contributed by atoms with Gasteiger partial charge in [0.1, 0.15) is 0 Å². The summed E-state index contributed by atoms with van der Waals surface area (Å²) in [6.07, 6.45) is 1.85. The van der Waals surface area contributed by atoms with Crippen LogP contribution in [0.2, 0.25) is 0 Å². The van der Waals surface area contributed by atoms with Crippen LogP contribution in [0.5, 0.6) is 0 Å². The first kappa shape index (κ1) is 19.0. The maximum absolute atomic E-state index is 12.8. The molecule has 0 amide bonds. The summed E-state index contributed by atoms with van der Waals surface area (Å²) >= 11 is 8.88. The Bertz CT molecular complexity index is 803. The van der Waals surface area contributed by atoms with E-state index in [1.807, 2.05) is 48.5 Å². The van der Waals surface area contributed by atoms with Gasteiger partial charge in [-0.15, -0.1) is 0 Å². The Labute approximate surface area is 168 Å². The molecular formula is C20H22BrN3OS. The average molecular weight is 432 g/mol. The number of benzene rings is 2. The summed E-state index contributed by atoms with van der Waals surface area (Å²) in [5.41, 5.74) is 2.45.